The highest BCUT2D eigenvalue weighted by atomic mass is 31.1. The number of rotatable bonds is 22. The van der Waals surface area contributed by atoms with E-state index in [4.69, 9.17) is 5.11 Å². The summed E-state index contributed by atoms with van der Waals surface area (Å²) in [6, 6.07) is 0. The lowest BCUT2D eigenvalue weighted by Gasteiger charge is -2.22. The largest absolute Gasteiger partial charge is 0.394 e. The maximum Gasteiger partial charge on any atom is 0.0809 e. The standard InChI is InChI=1S/C25H53O2P/c1-4-5-6-7-8-9-10-11-12-13-14-15-16-17-18-19-20-28(22-24(2)3)23-25(27)21-26/h24-27H,4-23H2,1-3H3. The Morgan fingerprint density at radius 3 is 1.36 bits per heavy atom. The second-order valence-corrected chi connectivity index (χ2v) is 11.8. The monoisotopic (exact) mass is 416 g/mol. The third kappa shape index (κ3) is 21.1. The third-order valence-electron chi connectivity index (χ3n) is 5.63. The van der Waals surface area contributed by atoms with Crippen LogP contribution in [-0.2, 0) is 0 Å². The summed E-state index contributed by atoms with van der Waals surface area (Å²) in [6.07, 6.45) is 25.5. The van der Waals surface area contributed by atoms with E-state index in [0.29, 0.717) is 5.92 Å². The lowest BCUT2D eigenvalue weighted by molar-refractivity contribution is 0.112. The molecule has 0 radical (unpaired) electrons. The summed E-state index contributed by atoms with van der Waals surface area (Å²) in [4.78, 5) is 0. The fourth-order valence-electron chi connectivity index (χ4n) is 4.01. The van der Waals surface area contributed by atoms with E-state index in [1.807, 2.05) is 0 Å². The molecule has 3 heteroatoms. The first-order valence-electron chi connectivity index (χ1n) is 12.6. The minimum Gasteiger partial charge on any atom is -0.394 e. The average Bonchev–Trinajstić information content (AvgIpc) is 2.66. The highest BCUT2D eigenvalue weighted by Crippen LogP contribution is 2.39. The van der Waals surface area contributed by atoms with Crippen molar-refractivity contribution in [2.75, 3.05) is 25.1 Å². The molecular formula is C25H53O2P. The van der Waals surface area contributed by atoms with E-state index < -0.39 is 6.10 Å². The van der Waals surface area contributed by atoms with E-state index in [2.05, 4.69) is 20.8 Å². The minimum atomic E-state index is -0.495. The van der Waals surface area contributed by atoms with Crippen molar-refractivity contribution in [1.82, 2.24) is 0 Å². The Bertz CT molecular complexity index is 296. The van der Waals surface area contributed by atoms with Gasteiger partial charge in [-0.3, -0.25) is 0 Å². The second-order valence-electron chi connectivity index (χ2n) is 9.29. The predicted molar refractivity (Wildman–Crippen MR) is 129 cm³/mol. The summed E-state index contributed by atoms with van der Waals surface area (Å²) in [6.45, 7) is 6.76. The van der Waals surface area contributed by atoms with E-state index >= 15 is 0 Å². The zero-order valence-corrected chi connectivity index (χ0v) is 20.5. The maximum atomic E-state index is 9.74. The predicted octanol–water partition coefficient (Wildman–Crippen LogP) is 7.74. The average molecular weight is 417 g/mol. The molecule has 0 saturated heterocycles. The molecule has 170 valence electrons. The first-order chi connectivity index (χ1) is 13.6. The van der Waals surface area contributed by atoms with Gasteiger partial charge in [-0.25, -0.2) is 0 Å². The first-order valence-corrected chi connectivity index (χ1v) is 14.5. The van der Waals surface area contributed by atoms with Gasteiger partial charge in [-0.15, -0.1) is 7.92 Å². The van der Waals surface area contributed by atoms with Crippen LogP contribution in [0.3, 0.4) is 0 Å². The van der Waals surface area contributed by atoms with Gasteiger partial charge in [-0.1, -0.05) is 117 Å². The summed E-state index contributed by atoms with van der Waals surface area (Å²) in [5.74, 6) is 0.707. The van der Waals surface area contributed by atoms with Crippen molar-refractivity contribution in [3.05, 3.63) is 0 Å². The van der Waals surface area contributed by atoms with Gasteiger partial charge in [0.15, 0.2) is 0 Å². The van der Waals surface area contributed by atoms with Crippen molar-refractivity contribution < 1.29 is 10.2 Å². The van der Waals surface area contributed by atoms with Crippen LogP contribution >= 0.6 is 7.92 Å². The van der Waals surface area contributed by atoms with Crippen molar-refractivity contribution in [3.63, 3.8) is 0 Å². The molecule has 0 spiro atoms. The quantitative estimate of drug-likeness (QED) is 0.140. The molecule has 2 nitrogen and oxygen atoms in total. The molecule has 0 aliphatic carbocycles. The highest BCUT2D eigenvalue weighted by Gasteiger charge is 2.14. The normalized spacial score (nSPS) is 13.9. The number of hydrogen-bond donors (Lipinski definition) is 2. The zero-order valence-electron chi connectivity index (χ0n) is 19.6. The fraction of sp³-hybridized carbons (Fsp3) is 1.00. The fourth-order valence-corrected chi connectivity index (χ4v) is 6.94. The van der Waals surface area contributed by atoms with Crippen LogP contribution in [-0.4, -0.2) is 41.4 Å². The van der Waals surface area contributed by atoms with Crippen molar-refractivity contribution in [2.24, 2.45) is 5.92 Å². The number of hydrogen-bond acceptors (Lipinski definition) is 2. The lowest BCUT2D eigenvalue weighted by atomic mass is 10.0. The van der Waals surface area contributed by atoms with Gasteiger partial charge >= 0.3 is 0 Å². The lowest BCUT2D eigenvalue weighted by Crippen LogP contribution is -2.18. The topological polar surface area (TPSA) is 40.5 Å². The van der Waals surface area contributed by atoms with Gasteiger partial charge in [-0.05, 0) is 30.8 Å². The Labute approximate surface area is 179 Å². The molecular weight excluding hydrogens is 363 g/mol. The van der Waals surface area contributed by atoms with E-state index in [9.17, 15) is 5.11 Å². The van der Waals surface area contributed by atoms with E-state index in [1.165, 1.54) is 115 Å². The van der Waals surface area contributed by atoms with Crippen LogP contribution in [0.2, 0.25) is 0 Å². The molecule has 0 aliphatic heterocycles. The molecule has 0 fully saturated rings. The summed E-state index contributed by atoms with van der Waals surface area (Å²) in [5.41, 5.74) is 0. The Balaban J connectivity index is 3.37. The smallest absolute Gasteiger partial charge is 0.0809 e. The van der Waals surface area contributed by atoms with Gasteiger partial charge in [-0.2, -0.15) is 0 Å². The molecule has 2 N–H and O–H groups in total. The molecule has 28 heavy (non-hydrogen) atoms. The van der Waals surface area contributed by atoms with Crippen LogP contribution in [0.5, 0.6) is 0 Å². The van der Waals surface area contributed by atoms with Gasteiger partial charge in [0, 0.05) is 0 Å². The van der Waals surface area contributed by atoms with Gasteiger partial charge in [0.1, 0.15) is 0 Å². The van der Waals surface area contributed by atoms with E-state index in [0.717, 1.165) is 6.16 Å². The molecule has 0 heterocycles. The van der Waals surface area contributed by atoms with Gasteiger partial charge in [0.2, 0.25) is 0 Å². The number of unbranched alkanes of at least 4 members (excludes halogenated alkanes) is 15. The number of aliphatic hydroxyl groups excluding tert-OH is 2. The molecule has 0 saturated carbocycles. The maximum absolute atomic E-state index is 9.74. The Kier molecular flexibility index (Phi) is 22.3. The van der Waals surface area contributed by atoms with E-state index in [-0.39, 0.29) is 14.5 Å². The van der Waals surface area contributed by atoms with Crippen LogP contribution in [0.4, 0.5) is 0 Å². The summed E-state index contributed by atoms with van der Waals surface area (Å²) >= 11 is 0. The summed E-state index contributed by atoms with van der Waals surface area (Å²) in [7, 11) is -0.0980. The molecule has 0 aromatic heterocycles. The minimum absolute atomic E-state index is 0.0735. The second kappa shape index (κ2) is 22.0. The first kappa shape index (κ1) is 28.4. The van der Waals surface area contributed by atoms with Gasteiger partial charge < -0.3 is 10.2 Å². The van der Waals surface area contributed by atoms with Gasteiger partial charge in [0.25, 0.3) is 0 Å². The van der Waals surface area contributed by atoms with Crippen LogP contribution in [0.1, 0.15) is 124 Å². The Morgan fingerprint density at radius 1 is 0.607 bits per heavy atom. The molecule has 0 bridgehead atoms. The van der Waals surface area contributed by atoms with Crippen LogP contribution < -0.4 is 0 Å². The molecule has 0 aromatic carbocycles. The molecule has 0 rings (SSSR count). The molecule has 0 aromatic rings. The molecule has 0 aliphatic rings. The zero-order chi connectivity index (χ0) is 20.9. The summed E-state index contributed by atoms with van der Waals surface area (Å²) < 4.78 is 0. The highest BCUT2D eigenvalue weighted by molar-refractivity contribution is 7.57. The third-order valence-corrected chi connectivity index (χ3v) is 8.76. The molecule has 0 amide bonds. The number of aliphatic hydroxyl groups is 2. The van der Waals surface area contributed by atoms with Crippen molar-refractivity contribution in [1.29, 1.82) is 0 Å². The summed E-state index contributed by atoms with van der Waals surface area (Å²) in [5, 5.41) is 18.8. The van der Waals surface area contributed by atoms with Gasteiger partial charge in [0.05, 0.1) is 12.7 Å². The Hall–Kier alpha value is 0.350. The molecule has 2 atom stereocenters. The van der Waals surface area contributed by atoms with Crippen LogP contribution in [0, 0.1) is 5.92 Å². The van der Waals surface area contributed by atoms with Crippen LogP contribution in [0.25, 0.3) is 0 Å². The van der Waals surface area contributed by atoms with E-state index in [1.54, 1.807) is 0 Å². The SMILES string of the molecule is CCCCCCCCCCCCCCCCCCP(CC(C)C)CC(O)CO. The van der Waals surface area contributed by atoms with Crippen molar-refractivity contribution >= 4 is 7.92 Å². The van der Waals surface area contributed by atoms with Crippen molar-refractivity contribution in [2.45, 2.75) is 130 Å². The molecule has 2 unspecified atom stereocenters. The van der Waals surface area contributed by atoms with Crippen molar-refractivity contribution in [3.8, 4) is 0 Å². The van der Waals surface area contributed by atoms with Crippen LogP contribution in [0.15, 0.2) is 0 Å². The Morgan fingerprint density at radius 2 is 1.00 bits per heavy atom.